The minimum atomic E-state index is -0.652. The van der Waals surface area contributed by atoms with Gasteiger partial charge in [0.05, 0.1) is 23.7 Å². The molecule has 5 rings (SSSR count). The fourth-order valence-electron chi connectivity index (χ4n) is 8.06. The molecule has 33 heavy (non-hydrogen) atoms. The van der Waals surface area contributed by atoms with Crippen molar-refractivity contribution >= 4 is 11.8 Å². The molecule has 8 unspecified atom stereocenters. The highest BCUT2D eigenvalue weighted by Crippen LogP contribution is 2.65. The molecule has 1 heterocycles. The van der Waals surface area contributed by atoms with Crippen LogP contribution in [0.4, 0.5) is 0 Å². The Morgan fingerprint density at radius 2 is 1.94 bits per heavy atom. The molecule has 8 atom stereocenters. The van der Waals surface area contributed by atoms with Crippen LogP contribution < -0.4 is 0 Å². The molecule has 0 amide bonds. The van der Waals surface area contributed by atoms with Gasteiger partial charge in [0.15, 0.2) is 5.78 Å². The number of aliphatic hydroxyl groups is 2. The van der Waals surface area contributed by atoms with Crippen LogP contribution >= 0.6 is 0 Å². The first-order valence-corrected chi connectivity index (χ1v) is 12.4. The number of carbonyl (C=O) groups is 2. The normalized spacial score (nSPS) is 43.3. The number of rotatable bonds is 3. The van der Waals surface area contributed by atoms with Gasteiger partial charge < -0.3 is 14.9 Å². The summed E-state index contributed by atoms with van der Waals surface area (Å²) < 4.78 is 5.79. The van der Waals surface area contributed by atoms with Crippen molar-refractivity contribution in [2.75, 3.05) is 6.61 Å². The molecule has 0 radical (unpaired) electrons. The molecule has 1 fully saturated rings. The van der Waals surface area contributed by atoms with Crippen LogP contribution in [0.5, 0.6) is 0 Å². The SMILES string of the molecule is CC1=C(CO)C(=O)OC(C(C)C2=CCC3C4CC=C5C(O)C=CC(=O)C5(C)C4CCC23C)C1. The smallest absolute Gasteiger partial charge is 0.336 e. The second-order valence-corrected chi connectivity index (χ2v) is 11.3. The van der Waals surface area contributed by atoms with Crippen molar-refractivity contribution in [2.24, 2.45) is 34.5 Å². The summed E-state index contributed by atoms with van der Waals surface area (Å²) in [5.74, 6) is 0.952. The molecule has 5 heteroatoms. The van der Waals surface area contributed by atoms with Crippen molar-refractivity contribution < 1.29 is 24.5 Å². The highest BCUT2D eigenvalue weighted by atomic mass is 16.5. The third kappa shape index (κ3) is 3.11. The molecule has 4 aliphatic carbocycles. The topological polar surface area (TPSA) is 83.8 Å². The standard InChI is InChI=1S/C28H36O5/c1-15-13-24(33-26(32)18(15)14-29)16(2)19-7-8-20-17-5-6-22-23(30)9-10-25(31)28(22,4)21(17)11-12-27(19,20)3/h6-7,9-10,16-17,20-21,23-24,29-30H,5,8,11-14H2,1-4H3. The number of allylic oxidation sites excluding steroid dienone is 3. The van der Waals surface area contributed by atoms with Gasteiger partial charge in [-0.25, -0.2) is 4.79 Å². The predicted molar refractivity (Wildman–Crippen MR) is 125 cm³/mol. The van der Waals surface area contributed by atoms with E-state index >= 15 is 0 Å². The Labute approximate surface area is 196 Å². The maximum atomic E-state index is 13.1. The Hall–Kier alpha value is -1.98. The average Bonchev–Trinajstić information content (AvgIpc) is 3.13. The minimum Gasteiger partial charge on any atom is -0.458 e. The van der Waals surface area contributed by atoms with Gasteiger partial charge in [-0.15, -0.1) is 0 Å². The van der Waals surface area contributed by atoms with E-state index in [0.717, 1.165) is 36.8 Å². The molecule has 0 bridgehead atoms. The highest BCUT2D eigenvalue weighted by molar-refractivity contribution is 5.99. The van der Waals surface area contributed by atoms with Crippen molar-refractivity contribution in [3.63, 3.8) is 0 Å². The summed E-state index contributed by atoms with van der Waals surface area (Å²) in [6, 6.07) is 0. The third-order valence-corrected chi connectivity index (χ3v) is 10.0. The van der Waals surface area contributed by atoms with E-state index in [2.05, 4.69) is 32.9 Å². The summed E-state index contributed by atoms with van der Waals surface area (Å²) in [5.41, 5.74) is 3.03. The van der Waals surface area contributed by atoms with Gasteiger partial charge in [-0.05, 0) is 80.4 Å². The molecule has 1 aliphatic heterocycles. The van der Waals surface area contributed by atoms with Crippen molar-refractivity contribution in [3.8, 4) is 0 Å². The molecule has 0 aromatic carbocycles. The summed E-state index contributed by atoms with van der Waals surface area (Å²) in [7, 11) is 0. The molecule has 0 spiro atoms. The zero-order chi connectivity index (χ0) is 23.7. The first kappa shape index (κ1) is 22.8. The second-order valence-electron chi connectivity index (χ2n) is 11.3. The van der Waals surface area contributed by atoms with Gasteiger partial charge in [0.25, 0.3) is 0 Å². The lowest BCUT2D eigenvalue weighted by Crippen LogP contribution is -2.53. The van der Waals surface area contributed by atoms with E-state index in [-0.39, 0.29) is 41.7 Å². The molecule has 1 saturated carbocycles. The summed E-state index contributed by atoms with van der Waals surface area (Å²) >= 11 is 0. The van der Waals surface area contributed by atoms with Crippen molar-refractivity contribution in [1.29, 1.82) is 0 Å². The highest BCUT2D eigenvalue weighted by Gasteiger charge is 2.59. The number of fused-ring (bicyclic) bond motifs is 5. The number of hydrogen-bond acceptors (Lipinski definition) is 5. The molecule has 2 N–H and O–H groups in total. The molecule has 0 saturated heterocycles. The summed E-state index contributed by atoms with van der Waals surface area (Å²) in [4.78, 5) is 25.5. The van der Waals surface area contributed by atoms with Gasteiger partial charge in [-0.2, -0.15) is 0 Å². The third-order valence-electron chi connectivity index (χ3n) is 10.0. The van der Waals surface area contributed by atoms with E-state index in [1.54, 1.807) is 12.2 Å². The van der Waals surface area contributed by atoms with Gasteiger partial charge in [0, 0.05) is 12.3 Å². The van der Waals surface area contributed by atoms with Gasteiger partial charge in [-0.3, -0.25) is 4.79 Å². The molecule has 0 aromatic heterocycles. The van der Waals surface area contributed by atoms with Crippen LogP contribution in [0.2, 0.25) is 0 Å². The van der Waals surface area contributed by atoms with Crippen LogP contribution in [0, 0.1) is 34.5 Å². The minimum absolute atomic E-state index is 0.0236. The van der Waals surface area contributed by atoms with Gasteiger partial charge in [0.1, 0.15) is 6.10 Å². The number of hydrogen-bond donors (Lipinski definition) is 2. The molecular weight excluding hydrogens is 416 g/mol. The number of ketones is 1. The Bertz CT molecular complexity index is 1020. The summed E-state index contributed by atoms with van der Waals surface area (Å²) in [5, 5.41) is 20.1. The number of carbonyl (C=O) groups excluding carboxylic acids is 2. The summed E-state index contributed by atoms with van der Waals surface area (Å²) in [6.45, 7) is 8.24. The maximum Gasteiger partial charge on any atom is 0.336 e. The van der Waals surface area contributed by atoms with Crippen molar-refractivity contribution in [2.45, 2.75) is 72.0 Å². The van der Waals surface area contributed by atoms with Crippen LogP contribution in [0.1, 0.15) is 59.8 Å². The van der Waals surface area contributed by atoms with E-state index < -0.39 is 11.5 Å². The zero-order valence-electron chi connectivity index (χ0n) is 20.1. The van der Waals surface area contributed by atoms with Crippen LogP contribution in [0.3, 0.4) is 0 Å². The quantitative estimate of drug-likeness (QED) is 0.498. The van der Waals surface area contributed by atoms with Crippen LogP contribution in [-0.4, -0.2) is 40.8 Å². The lowest BCUT2D eigenvalue weighted by molar-refractivity contribution is -0.148. The Morgan fingerprint density at radius 1 is 1.18 bits per heavy atom. The zero-order valence-corrected chi connectivity index (χ0v) is 20.1. The lowest BCUT2D eigenvalue weighted by atomic mass is 9.47. The molecule has 5 aliphatic rings. The Morgan fingerprint density at radius 3 is 2.64 bits per heavy atom. The van der Waals surface area contributed by atoms with Crippen molar-refractivity contribution in [3.05, 3.63) is 46.6 Å². The molecular formula is C28H36O5. The van der Waals surface area contributed by atoms with Gasteiger partial charge in [-0.1, -0.05) is 37.1 Å². The van der Waals surface area contributed by atoms with E-state index in [4.69, 9.17) is 4.74 Å². The average molecular weight is 453 g/mol. The monoisotopic (exact) mass is 452 g/mol. The largest absolute Gasteiger partial charge is 0.458 e. The van der Waals surface area contributed by atoms with Gasteiger partial charge in [0.2, 0.25) is 0 Å². The van der Waals surface area contributed by atoms with Crippen LogP contribution in [0.25, 0.3) is 0 Å². The first-order valence-electron chi connectivity index (χ1n) is 12.4. The molecule has 178 valence electrons. The van der Waals surface area contributed by atoms with Crippen molar-refractivity contribution in [1.82, 2.24) is 0 Å². The Kier molecular flexibility index (Phi) is 5.37. The van der Waals surface area contributed by atoms with E-state index in [1.165, 1.54) is 5.57 Å². The predicted octanol–water partition coefficient (Wildman–Crippen LogP) is 4.06. The Balaban J connectivity index is 1.41. The van der Waals surface area contributed by atoms with Gasteiger partial charge >= 0.3 is 5.97 Å². The van der Waals surface area contributed by atoms with E-state index in [0.29, 0.717) is 23.8 Å². The molecule has 0 aromatic rings. The molecule has 5 nitrogen and oxygen atoms in total. The summed E-state index contributed by atoms with van der Waals surface area (Å²) in [6.07, 6.45) is 11.4. The maximum absolute atomic E-state index is 13.1. The fourth-order valence-corrected chi connectivity index (χ4v) is 8.06. The number of aliphatic hydroxyl groups excluding tert-OH is 2. The van der Waals surface area contributed by atoms with E-state index in [9.17, 15) is 19.8 Å². The fraction of sp³-hybridized carbons (Fsp3) is 0.643. The number of ether oxygens (including phenoxy) is 1. The van der Waals surface area contributed by atoms with Crippen LogP contribution in [-0.2, 0) is 14.3 Å². The first-order chi connectivity index (χ1) is 15.6. The van der Waals surface area contributed by atoms with Crippen LogP contribution in [0.15, 0.2) is 46.6 Å². The number of cyclic esters (lactones) is 1. The lowest BCUT2D eigenvalue weighted by Gasteiger charge is -2.56. The van der Waals surface area contributed by atoms with E-state index in [1.807, 2.05) is 6.92 Å². The second kappa shape index (κ2) is 7.78. The number of esters is 1.